The molecule has 0 radical (unpaired) electrons. The smallest absolute Gasteiger partial charge is 0.366 e. The van der Waals surface area contributed by atoms with Gasteiger partial charge in [0, 0.05) is 0 Å². The van der Waals surface area contributed by atoms with Gasteiger partial charge < -0.3 is 12.8 Å². The summed E-state index contributed by atoms with van der Waals surface area (Å²) in [6.45, 7) is 0. The Morgan fingerprint density at radius 3 is 0.986 bits per heavy atom. The molecule has 12 rings (SSSR count). The third kappa shape index (κ3) is 10.6. The normalized spacial score (nSPS) is 10.6. The predicted molar refractivity (Wildman–Crippen MR) is 300 cm³/mol. The van der Waals surface area contributed by atoms with Crippen molar-refractivity contribution in [2.75, 3.05) is 0 Å². The maximum Gasteiger partial charge on any atom is 1.00 e. The van der Waals surface area contributed by atoms with E-state index in [1.165, 1.54) is 69.5 Å². The molecule has 0 aliphatic heterocycles. The van der Waals surface area contributed by atoms with Gasteiger partial charge in [0.2, 0.25) is 0 Å². The molecule has 0 saturated heterocycles. The zero-order valence-electron chi connectivity index (χ0n) is 38.0. The Balaban J connectivity index is 0.000000149. The van der Waals surface area contributed by atoms with E-state index in [1.807, 2.05) is 48.5 Å². The summed E-state index contributed by atoms with van der Waals surface area (Å²) in [6.07, 6.45) is 14.9. The van der Waals surface area contributed by atoms with Crippen molar-refractivity contribution < 1.29 is 44.8 Å². The van der Waals surface area contributed by atoms with Crippen LogP contribution in [0.1, 0.15) is 11.1 Å². The van der Waals surface area contributed by atoms with Crippen LogP contribution in [0.3, 0.4) is 0 Å². The Morgan fingerprint density at radius 2 is 0.557 bits per heavy atom. The molecule has 0 aliphatic rings. The van der Waals surface area contributed by atoms with Crippen LogP contribution < -0.4 is 31.8 Å². The molecule has 0 unspecified atom stereocenters. The maximum atomic E-state index is 7.56. The first kappa shape index (κ1) is 49.8. The molecule has 0 atom stereocenters. The van der Waals surface area contributed by atoms with Crippen LogP contribution in [0.15, 0.2) is 267 Å². The molecule has 340 valence electrons. The maximum absolute atomic E-state index is 7.56. The van der Waals surface area contributed by atoms with Gasteiger partial charge in [-0.3, -0.25) is 11.8 Å². The van der Waals surface area contributed by atoms with Crippen molar-refractivity contribution in [3.8, 4) is 11.8 Å². The number of rotatable bonds is 6. The van der Waals surface area contributed by atoms with E-state index >= 15 is 0 Å². The van der Waals surface area contributed by atoms with Crippen molar-refractivity contribution in [1.82, 2.24) is 0 Å². The largest absolute Gasteiger partial charge is 1.00 e. The summed E-state index contributed by atoms with van der Waals surface area (Å²) in [7, 11) is -2.28. The van der Waals surface area contributed by atoms with Gasteiger partial charge >= 0.3 is 44.8 Å². The van der Waals surface area contributed by atoms with E-state index in [9.17, 15) is 0 Å². The molecule has 0 N–H and O–H groups in total. The molecule has 0 heterocycles. The van der Waals surface area contributed by atoms with Crippen molar-refractivity contribution in [2.24, 2.45) is 0 Å². The minimum atomic E-state index is -1.14. The molecule has 0 amide bonds. The summed E-state index contributed by atoms with van der Waals surface area (Å²) < 4.78 is 0. The fourth-order valence-electron chi connectivity index (χ4n) is 9.42. The first-order chi connectivity index (χ1) is 33.7. The molecule has 0 aromatic heterocycles. The van der Waals surface area contributed by atoms with E-state index in [0.717, 1.165) is 27.3 Å². The van der Waals surface area contributed by atoms with Gasteiger partial charge in [0.05, 0.1) is 0 Å². The third-order valence-corrected chi connectivity index (χ3v) is 18.4. The van der Waals surface area contributed by atoms with Crippen LogP contribution in [-0.4, -0.2) is 0 Å². The molecule has 0 spiro atoms. The third-order valence-electron chi connectivity index (χ3n) is 12.5. The number of hydrogen-bond acceptors (Lipinski definition) is 0. The summed E-state index contributed by atoms with van der Waals surface area (Å²) in [5.41, 5.74) is 1.71. The molecule has 12 aromatic carbocycles. The Labute approximate surface area is 445 Å². The van der Waals surface area contributed by atoms with Gasteiger partial charge in [-0.1, -0.05) is 205 Å². The van der Waals surface area contributed by atoms with Crippen molar-refractivity contribution in [3.63, 3.8) is 0 Å². The van der Waals surface area contributed by atoms with Gasteiger partial charge in [0.1, 0.15) is 47.7 Å². The Bertz CT molecular complexity index is 3590. The molecule has 4 heteroatoms. The zero-order valence-corrected chi connectivity index (χ0v) is 43.7. The SMILES string of the molecule is [Ag+].[Au+].[C-]#Cc1cc2c3ccccc3ccc2c2ccccc12.[C-]#Cc1cc2ccccc2c2ccccc12.c1ccc([PH+](c2ccccc2)c2ccccc2[PH+](c2ccccc2)c2ccccc2)cc1. The van der Waals surface area contributed by atoms with Crippen molar-refractivity contribution in [3.05, 3.63) is 291 Å². The zero-order chi connectivity index (χ0) is 46.1. The summed E-state index contributed by atoms with van der Waals surface area (Å²) in [5.74, 6) is 5.09. The minimum Gasteiger partial charge on any atom is -0.366 e. The second-order valence-electron chi connectivity index (χ2n) is 16.6. The standard InChI is InChI=1S/C30H24P2.C20H11.C16H9.Ag.Au/c1-5-15-25(16-6-1)31(26-17-7-2-8-18-26)29-23-13-14-24-30(29)32(27-19-9-3-10-20-27)28-21-11-4-12-22-28;1-2-14-13-20-17-9-4-3-7-15(17)11-12-19(20)18-10-6-5-8-16(14)18;1-2-12-11-13-7-3-4-9-15(13)16-10-6-5-8-14(12)16;;/h1-24H;3-13H;3-11H;;/q;2*-1;2*+1/p+2. The number of hydrogen-bond donors (Lipinski definition) is 0. The monoisotopic (exact) mass is 1200 g/mol. The van der Waals surface area contributed by atoms with Crippen LogP contribution in [0.25, 0.3) is 53.9 Å². The molecule has 70 heavy (non-hydrogen) atoms. The summed E-state index contributed by atoms with van der Waals surface area (Å²) in [6, 6.07) is 94.9. The van der Waals surface area contributed by atoms with Crippen molar-refractivity contribution in [1.29, 1.82) is 0 Å². The van der Waals surface area contributed by atoms with Crippen molar-refractivity contribution in [2.45, 2.75) is 0 Å². The van der Waals surface area contributed by atoms with E-state index in [4.69, 9.17) is 12.8 Å². The molecular weight excluding hydrogens is 1160 g/mol. The Kier molecular flexibility index (Phi) is 16.9. The van der Waals surface area contributed by atoms with Crippen LogP contribution in [-0.2, 0) is 44.8 Å². The second-order valence-corrected chi connectivity index (χ2v) is 21.4. The van der Waals surface area contributed by atoms with Crippen LogP contribution >= 0.6 is 15.8 Å². The van der Waals surface area contributed by atoms with Gasteiger partial charge in [-0.25, -0.2) is 0 Å². The van der Waals surface area contributed by atoms with Crippen LogP contribution in [0, 0.1) is 24.7 Å². The number of benzene rings is 12. The van der Waals surface area contributed by atoms with Gasteiger partial charge in [-0.15, -0.1) is 23.3 Å². The molecule has 0 bridgehead atoms. The van der Waals surface area contributed by atoms with Gasteiger partial charge in [-0.05, 0) is 104 Å². The van der Waals surface area contributed by atoms with E-state index in [2.05, 4.69) is 230 Å². The van der Waals surface area contributed by atoms with E-state index in [-0.39, 0.29) is 44.8 Å². The minimum absolute atomic E-state index is 0. The molecule has 12 aromatic rings. The molecular formula is C66H46AgAuP2+2. The second kappa shape index (κ2) is 23.8. The first-order valence-corrected chi connectivity index (χ1v) is 25.8. The molecule has 0 fully saturated rings. The fourth-order valence-corrected chi connectivity index (χ4v) is 15.4. The molecule has 0 nitrogen and oxygen atoms in total. The number of fused-ring (bicyclic) bond motifs is 8. The Morgan fingerprint density at radius 1 is 0.257 bits per heavy atom. The van der Waals surface area contributed by atoms with E-state index in [0.29, 0.717) is 0 Å². The van der Waals surface area contributed by atoms with E-state index in [1.54, 1.807) is 0 Å². The van der Waals surface area contributed by atoms with Crippen molar-refractivity contribution >= 4 is 102 Å². The fraction of sp³-hybridized carbons (Fsp3) is 0. The topological polar surface area (TPSA) is 0 Å². The van der Waals surface area contributed by atoms with Gasteiger partial charge in [0.25, 0.3) is 0 Å². The first-order valence-electron chi connectivity index (χ1n) is 22.8. The van der Waals surface area contributed by atoms with Gasteiger partial charge in [-0.2, -0.15) is 0 Å². The summed E-state index contributed by atoms with van der Waals surface area (Å²) in [5, 5.41) is 20.5. The van der Waals surface area contributed by atoms with E-state index < -0.39 is 15.8 Å². The van der Waals surface area contributed by atoms with Gasteiger partial charge in [0.15, 0.2) is 0 Å². The quantitative estimate of drug-likeness (QED) is 0.0512. The molecule has 0 aliphatic carbocycles. The molecule has 0 saturated carbocycles. The van der Waals surface area contributed by atoms with Crippen LogP contribution in [0.2, 0.25) is 0 Å². The average molecular weight is 1210 g/mol. The van der Waals surface area contributed by atoms with Crippen LogP contribution in [0.5, 0.6) is 0 Å². The summed E-state index contributed by atoms with van der Waals surface area (Å²) in [4.78, 5) is 0. The van der Waals surface area contributed by atoms with Crippen LogP contribution in [0.4, 0.5) is 0 Å². The Hall–Kier alpha value is -6.60. The predicted octanol–water partition coefficient (Wildman–Crippen LogP) is 13.7. The average Bonchev–Trinajstić information content (AvgIpc) is 3.42. The summed E-state index contributed by atoms with van der Waals surface area (Å²) >= 11 is 0.